The van der Waals surface area contributed by atoms with Crippen LogP contribution in [0.25, 0.3) is 0 Å². The first-order valence-electron chi connectivity index (χ1n) is 5.40. The third-order valence-corrected chi connectivity index (χ3v) is 3.47. The molecule has 0 amide bonds. The number of pyridine rings is 1. The maximum atomic E-state index is 12.7. The Morgan fingerprint density at radius 1 is 1.27 bits per heavy atom. The molecule has 1 aromatic heterocycles. The van der Waals surface area contributed by atoms with E-state index in [0.717, 1.165) is 43.7 Å². The number of anilines is 1. The molecular weight excluding hydrogens is 193 g/mol. The van der Waals surface area contributed by atoms with E-state index in [1.165, 1.54) is 6.07 Å². The molecule has 2 aliphatic heterocycles. The molecule has 80 valence electrons. The zero-order valence-electron chi connectivity index (χ0n) is 8.49. The van der Waals surface area contributed by atoms with Crippen molar-refractivity contribution in [2.45, 2.75) is 0 Å². The molecule has 0 bridgehead atoms. The molecule has 3 heterocycles. The van der Waals surface area contributed by atoms with Gasteiger partial charge in [-0.3, -0.25) is 0 Å². The van der Waals surface area contributed by atoms with Gasteiger partial charge in [-0.15, -0.1) is 0 Å². The maximum Gasteiger partial charge on any atom is 0.212 e. The minimum atomic E-state index is -0.403. The van der Waals surface area contributed by atoms with Gasteiger partial charge in [0.1, 0.15) is 0 Å². The fourth-order valence-corrected chi connectivity index (χ4v) is 2.62. The first kappa shape index (κ1) is 9.09. The molecule has 15 heavy (non-hydrogen) atoms. The van der Waals surface area contributed by atoms with Crippen LogP contribution in [-0.4, -0.2) is 31.2 Å². The Bertz CT molecular complexity index is 339. The summed E-state index contributed by atoms with van der Waals surface area (Å²) in [6, 6.07) is 3.25. The Morgan fingerprint density at radius 3 is 2.60 bits per heavy atom. The lowest BCUT2D eigenvalue weighted by Gasteiger charge is -2.18. The number of halogens is 1. The summed E-state index contributed by atoms with van der Waals surface area (Å²) in [5.74, 6) is 1.12. The van der Waals surface area contributed by atoms with Crippen LogP contribution in [0, 0.1) is 17.8 Å². The van der Waals surface area contributed by atoms with E-state index in [1.807, 2.05) is 6.07 Å². The smallest absolute Gasteiger partial charge is 0.212 e. The summed E-state index contributed by atoms with van der Waals surface area (Å²) in [6.07, 6.45) is 1.63. The van der Waals surface area contributed by atoms with Crippen LogP contribution in [0.5, 0.6) is 0 Å². The van der Waals surface area contributed by atoms with Gasteiger partial charge in [-0.2, -0.15) is 4.39 Å². The van der Waals surface area contributed by atoms with Crippen molar-refractivity contribution in [3.8, 4) is 0 Å². The van der Waals surface area contributed by atoms with Crippen molar-refractivity contribution in [1.82, 2.24) is 10.3 Å². The molecule has 3 rings (SSSR count). The van der Waals surface area contributed by atoms with E-state index in [9.17, 15) is 4.39 Å². The largest absolute Gasteiger partial charge is 0.370 e. The summed E-state index contributed by atoms with van der Waals surface area (Å²) >= 11 is 0. The lowest BCUT2D eigenvalue weighted by Crippen LogP contribution is -2.25. The van der Waals surface area contributed by atoms with Crippen molar-refractivity contribution in [1.29, 1.82) is 0 Å². The van der Waals surface area contributed by atoms with Crippen molar-refractivity contribution in [3.05, 3.63) is 24.3 Å². The minimum absolute atomic E-state index is 0.403. The Morgan fingerprint density at radius 2 is 2.00 bits per heavy atom. The van der Waals surface area contributed by atoms with Crippen molar-refractivity contribution in [2.75, 3.05) is 31.1 Å². The average molecular weight is 207 g/mol. The molecule has 4 heteroatoms. The summed E-state index contributed by atoms with van der Waals surface area (Å²) in [7, 11) is 0. The van der Waals surface area contributed by atoms with Crippen LogP contribution in [0.15, 0.2) is 18.3 Å². The van der Waals surface area contributed by atoms with Gasteiger partial charge >= 0.3 is 0 Å². The van der Waals surface area contributed by atoms with E-state index >= 15 is 0 Å². The Balaban J connectivity index is 1.76. The summed E-state index contributed by atoms with van der Waals surface area (Å²) < 4.78 is 12.7. The lowest BCUT2D eigenvalue weighted by molar-refractivity contribution is 0.533. The van der Waals surface area contributed by atoms with E-state index in [1.54, 1.807) is 6.20 Å². The lowest BCUT2D eigenvalue weighted by atomic mass is 10.0. The highest BCUT2D eigenvalue weighted by molar-refractivity contribution is 5.45. The molecule has 2 unspecified atom stereocenters. The molecule has 0 radical (unpaired) electrons. The van der Waals surface area contributed by atoms with Crippen molar-refractivity contribution < 1.29 is 4.39 Å². The summed E-state index contributed by atoms with van der Waals surface area (Å²) in [4.78, 5) is 6.00. The first-order chi connectivity index (χ1) is 7.33. The molecule has 0 aliphatic carbocycles. The molecule has 0 aromatic carbocycles. The quantitative estimate of drug-likeness (QED) is 0.693. The minimum Gasteiger partial charge on any atom is -0.370 e. The standard InChI is InChI=1S/C11H14FN3/c12-11-2-1-10(5-14-11)15-6-8-3-13-4-9(8)7-15/h1-2,5,8-9,13H,3-4,6-7H2. The van der Waals surface area contributed by atoms with E-state index < -0.39 is 5.95 Å². The summed E-state index contributed by atoms with van der Waals surface area (Å²) in [6.45, 7) is 4.39. The third kappa shape index (κ3) is 1.59. The van der Waals surface area contributed by atoms with Gasteiger partial charge in [-0.1, -0.05) is 0 Å². The second kappa shape index (κ2) is 3.45. The van der Waals surface area contributed by atoms with Crippen LogP contribution in [0.3, 0.4) is 0 Å². The van der Waals surface area contributed by atoms with Gasteiger partial charge < -0.3 is 10.2 Å². The van der Waals surface area contributed by atoms with Crippen molar-refractivity contribution in [2.24, 2.45) is 11.8 Å². The van der Waals surface area contributed by atoms with Crippen molar-refractivity contribution >= 4 is 5.69 Å². The highest BCUT2D eigenvalue weighted by Crippen LogP contribution is 2.29. The monoisotopic (exact) mass is 207 g/mol. The number of nitrogens with one attached hydrogen (secondary N) is 1. The average Bonchev–Trinajstić information content (AvgIpc) is 2.78. The molecule has 0 saturated carbocycles. The first-order valence-corrected chi connectivity index (χ1v) is 5.40. The Hall–Kier alpha value is -1.16. The second-order valence-electron chi connectivity index (χ2n) is 4.42. The number of rotatable bonds is 1. The van der Waals surface area contributed by atoms with Crippen LogP contribution in [0.1, 0.15) is 0 Å². The van der Waals surface area contributed by atoms with E-state index in [-0.39, 0.29) is 0 Å². The number of hydrogen-bond acceptors (Lipinski definition) is 3. The summed E-state index contributed by atoms with van der Waals surface area (Å²) in [5, 5.41) is 3.40. The zero-order chi connectivity index (χ0) is 10.3. The Labute approximate surface area is 88.3 Å². The molecule has 2 saturated heterocycles. The van der Waals surface area contributed by atoms with Crippen LogP contribution in [-0.2, 0) is 0 Å². The van der Waals surface area contributed by atoms with Crippen LogP contribution in [0.2, 0.25) is 0 Å². The molecule has 1 N–H and O–H groups in total. The molecule has 0 spiro atoms. The zero-order valence-corrected chi connectivity index (χ0v) is 8.49. The molecule has 2 atom stereocenters. The molecule has 2 fully saturated rings. The van der Waals surface area contributed by atoms with E-state index in [0.29, 0.717) is 0 Å². The van der Waals surface area contributed by atoms with Gasteiger partial charge in [0.2, 0.25) is 5.95 Å². The molecule has 1 aromatic rings. The second-order valence-corrected chi connectivity index (χ2v) is 4.42. The predicted octanol–water partition coefficient (Wildman–Crippen LogP) is 0.876. The SMILES string of the molecule is Fc1ccc(N2CC3CNCC3C2)cn1. The summed E-state index contributed by atoms with van der Waals surface area (Å²) in [5.41, 5.74) is 1.05. The van der Waals surface area contributed by atoms with Crippen LogP contribution in [0.4, 0.5) is 10.1 Å². The van der Waals surface area contributed by atoms with Gasteiger partial charge in [-0.25, -0.2) is 4.98 Å². The fourth-order valence-electron chi connectivity index (χ4n) is 2.62. The van der Waals surface area contributed by atoms with Gasteiger partial charge in [-0.05, 0) is 24.0 Å². The van der Waals surface area contributed by atoms with Gasteiger partial charge in [0, 0.05) is 26.2 Å². The van der Waals surface area contributed by atoms with E-state index in [2.05, 4.69) is 15.2 Å². The highest BCUT2D eigenvalue weighted by atomic mass is 19.1. The van der Waals surface area contributed by atoms with E-state index in [4.69, 9.17) is 0 Å². The van der Waals surface area contributed by atoms with Crippen LogP contribution >= 0.6 is 0 Å². The van der Waals surface area contributed by atoms with Crippen LogP contribution < -0.4 is 10.2 Å². The maximum absolute atomic E-state index is 12.7. The number of aromatic nitrogens is 1. The highest BCUT2D eigenvalue weighted by Gasteiger charge is 2.36. The molecule has 2 aliphatic rings. The Kier molecular flexibility index (Phi) is 2.09. The third-order valence-electron chi connectivity index (χ3n) is 3.47. The van der Waals surface area contributed by atoms with Gasteiger partial charge in [0.15, 0.2) is 0 Å². The van der Waals surface area contributed by atoms with Gasteiger partial charge in [0.25, 0.3) is 0 Å². The predicted molar refractivity (Wildman–Crippen MR) is 56.3 cm³/mol. The number of fused-ring (bicyclic) bond motifs is 1. The van der Waals surface area contributed by atoms with Gasteiger partial charge in [0.05, 0.1) is 11.9 Å². The fraction of sp³-hybridized carbons (Fsp3) is 0.545. The number of nitrogens with zero attached hydrogens (tertiary/aromatic N) is 2. The number of hydrogen-bond donors (Lipinski definition) is 1. The molecular formula is C11H14FN3. The topological polar surface area (TPSA) is 28.2 Å². The molecule has 3 nitrogen and oxygen atoms in total. The van der Waals surface area contributed by atoms with Crippen molar-refractivity contribution in [3.63, 3.8) is 0 Å². The normalized spacial score (nSPS) is 29.5.